The van der Waals surface area contributed by atoms with Gasteiger partial charge in [-0.05, 0) is 24.1 Å². The van der Waals surface area contributed by atoms with Crippen molar-refractivity contribution in [3.05, 3.63) is 71.8 Å². The average molecular weight is 323 g/mol. The van der Waals surface area contributed by atoms with Gasteiger partial charge in [-0.25, -0.2) is 5.43 Å². The van der Waals surface area contributed by atoms with E-state index in [0.717, 1.165) is 24.1 Å². The molecule has 0 fully saturated rings. The Morgan fingerprint density at radius 1 is 0.917 bits per heavy atom. The molecule has 124 valence electrons. The molecule has 0 saturated carbocycles. The van der Waals surface area contributed by atoms with Crippen molar-refractivity contribution in [3.63, 3.8) is 0 Å². The summed E-state index contributed by atoms with van der Waals surface area (Å²) in [5.41, 5.74) is 4.83. The standard InChI is InChI=1S/C19H21N3O2/c1-2-9-17(15-10-5-3-6-11-15)21-22-18(23)14-20-19(24)16-12-7-4-8-13-16/h3-8,10-13H,2,9,14H2,1H3,(H,20,24)(H,22,23)/b21-17+. The van der Waals surface area contributed by atoms with E-state index in [1.807, 2.05) is 36.4 Å². The molecular formula is C19H21N3O2. The van der Waals surface area contributed by atoms with Crippen LogP contribution in [0.25, 0.3) is 0 Å². The van der Waals surface area contributed by atoms with Crippen LogP contribution in [0.3, 0.4) is 0 Å². The van der Waals surface area contributed by atoms with Gasteiger partial charge in [-0.3, -0.25) is 9.59 Å². The van der Waals surface area contributed by atoms with Gasteiger partial charge in [0.1, 0.15) is 0 Å². The van der Waals surface area contributed by atoms with E-state index in [1.165, 1.54) is 0 Å². The van der Waals surface area contributed by atoms with E-state index >= 15 is 0 Å². The predicted octanol–water partition coefficient (Wildman–Crippen LogP) is 2.74. The van der Waals surface area contributed by atoms with Crippen LogP contribution < -0.4 is 10.7 Å². The number of nitrogens with one attached hydrogen (secondary N) is 2. The highest BCUT2D eigenvalue weighted by Crippen LogP contribution is 2.06. The SMILES string of the molecule is CCC/C(=N\NC(=O)CNC(=O)c1ccccc1)c1ccccc1. The summed E-state index contributed by atoms with van der Waals surface area (Å²) < 4.78 is 0. The fourth-order valence-electron chi connectivity index (χ4n) is 2.15. The van der Waals surface area contributed by atoms with Gasteiger partial charge in [0.05, 0.1) is 12.3 Å². The highest BCUT2D eigenvalue weighted by atomic mass is 16.2. The summed E-state index contributed by atoms with van der Waals surface area (Å²) >= 11 is 0. The molecule has 0 aliphatic heterocycles. The summed E-state index contributed by atoms with van der Waals surface area (Å²) in [7, 11) is 0. The molecule has 0 atom stereocenters. The van der Waals surface area contributed by atoms with E-state index in [-0.39, 0.29) is 18.4 Å². The van der Waals surface area contributed by atoms with E-state index in [0.29, 0.717) is 5.56 Å². The van der Waals surface area contributed by atoms with E-state index in [9.17, 15) is 9.59 Å². The lowest BCUT2D eigenvalue weighted by atomic mass is 10.1. The van der Waals surface area contributed by atoms with E-state index in [1.54, 1.807) is 24.3 Å². The molecule has 0 radical (unpaired) electrons. The maximum atomic E-state index is 11.9. The zero-order valence-electron chi connectivity index (χ0n) is 13.7. The zero-order valence-corrected chi connectivity index (χ0v) is 13.7. The van der Waals surface area contributed by atoms with E-state index in [2.05, 4.69) is 22.8 Å². The molecule has 5 heteroatoms. The lowest BCUT2D eigenvalue weighted by molar-refractivity contribution is -0.120. The van der Waals surface area contributed by atoms with E-state index in [4.69, 9.17) is 0 Å². The summed E-state index contributed by atoms with van der Waals surface area (Å²) in [6, 6.07) is 18.5. The van der Waals surface area contributed by atoms with Gasteiger partial charge in [0.2, 0.25) is 0 Å². The second-order valence-electron chi connectivity index (χ2n) is 5.26. The summed E-state index contributed by atoms with van der Waals surface area (Å²) in [4.78, 5) is 23.8. The molecule has 0 aliphatic carbocycles. The summed E-state index contributed by atoms with van der Waals surface area (Å²) in [6.45, 7) is 1.94. The highest BCUT2D eigenvalue weighted by Gasteiger charge is 2.08. The fraction of sp³-hybridized carbons (Fsp3) is 0.211. The molecule has 0 aliphatic rings. The van der Waals surface area contributed by atoms with Crippen molar-refractivity contribution in [2.45, 2.75) is 19.8 Å². The number of hydrazone groups is 1. The van der Waals surface area contributed by atoms with Crippen molar-refractivity contribution in [1.82, 2.24) is 10.7 Å². The Balaban J connectivity index is 1.90. The maximum absolute atomic E-state index is 11.9. The molecule has 5 nitrogen and oxygen atoms in total. The van der Waals surface area contributed by atoms with Crippen molar-refractivity contribution < 1.29 is 9.59 Å². The smallest absolute Gasteiger partial charge is 0.259 e. The monoisotopic (exact) mass is 323 g/mol. The Bertz CT molecular complexity index is 697. The van der Waals surface area contributed by atoms with Gasteiger partial charge in [-0.2, -0.15) is 5.10 Å². The molecule has 2 aromatic carbocycles. The van der Waals surface area contributed by atoms with Crippen LogP contribution in [0.4, 0.5) is 0 Å². The van der Waals surface area contributed by atoms with Crippen molar-refractivity contribution in [2.24, 2.45) is 5.10 Å². The van der Waals surface area contributed by atoms with Crippen molar-refractivity contribution >= 4 is 17.5 Å². The van der Waals surface area contributed by atoms with Crippen LogP contribution in [0, 0.1) is 0 Å². The van der Waals surface area contributed by atoms with Crippen LogP contribution in [0.5, 0.6) is 0 Å². The lowest BCUT2D eigenvalue weighted by Gasteiger charge is -2.07. The summed E-state index contributed by atoms with van der Waals surface area (Å²) in [5.74, 6) is -0.643. The minimum Gasteiger partial charge on any atom is -0.343 e. The topological polar surface area (TPSA) is 70.6 Å². The quantitative estimate of drug-likeness (QED) is 0.607. The van der Waals surface area contributed by atoms with Crippen LogP contribution in [0.2, 0.25) is 0 Å². The van der Waals surface area contributed by atoms with Gasteiger partial charge in [-0.15, -0.1) is 0 Å². The van der Waals surface area contributed by atoms with Crippen LogP contribution in [-0.4, -0.2) is 24.1 Å². The first-order chi connectivity index (χ1) is 11.7. The molecule has 2 N–H and O–H groups in total. The summed E-state index contributed by atoms with van der Waals surface area (Å²) in [5, 5.41) is 6.77. The number of carbonyl (C=O) groups is 2. The first-order valence-electron chi connectivity index (χ1n) is 7.94. The molecule has 2 rings (SSSR count). The third-order valence-corrected chi connectivity index (χ3v) is 3.35. The zero-order chi connectivity index (χ0) is 17.2. The van der Waals surface area contributed by atoms with Gasteiger partial charge < -0.3 is 5.32 Å². The third-order valence-electron chi connectivity index (χ3n) is 3.35. The Morgan fingerprint density at radius 2 is 1.50 bits per heavy atom. The first-order valence-corrected chi connectivity index (χ1v) is 7.94. The Labute approximate surface area is 141 Å². The lowest BCUT2D eigenvalue weighted by Crippen LogP contribution is -2.35. The molecule has 2 amide bonds. The molecule has 24 heavy (non-hydrogen) atoms. The maximum Gasteiger partial charge on any atom is 0.259 e. The number of rotatable bonds is 7. The molecule has 0 heterocycles. The van der Waals surface area contributed by atoms with Gasteiger partial charge >= 0.3 is 0 Å². The van der Waals surface area contributed by atoms with Crippen LogP contribution >= 0.6 is 0 Å². The summed E-state index contributed by atoms with van der Waals surface area (Å²) in [6.07, 6.45) is 1.69. The minimum atomic E-state index is -0.358. The number of nitrogens with zero attached hydrogens (tertiary/aromatic N) is 1. The molecule has 0 bridgehead atoms. The van der Waals surface area contributed by atoms with Gasteiger partial charge in [0.15, 0.2) is 0 Å². The normalized spacial score (nSPS) is 11.0. The molecule has 2 aromatic rings. The largest absolute Gasteiger partial charge is 0.343 e. The van der Waals surface area contributed by atoms with Crippen molar-refractivity contribution in [1.29, 1.82) is 0 Å². The number of hydrogen-bond donors (Lipinski definition) is 2. The van der Waals surface area contributed by atoms with Crippen LogP contribution in [0.1, 0.15) is 35.7 Å². The number of amides is 2. The van der Waals surface area contributed by atoms with Gasteiger partial charge in [0.25, 0.3) is 11.8 Å². The first kappa shape index (κ1) is 17.4. The van der Waals surface area contributed by atoms with Gasteiger partial charge in [-0.1, -0.05) is 61.9 Å². The number of benzene rings is 2. The molecule has 0 saturated heterocycles. The Morgan fingerprint density at radius 3 is 2.08 bits per heavy atom. The van der Waals surface area contributed by atoms with Crippen molar-refractivity contribution in [3.8, 4) is 0 Å². The predicted molar refractivity (Wildman–Crippen MR) is 94.8 cm³/mol. The Hall–Kier alpha value is -2.95. The van der Waals surface area contributed by atoms with Crippen LogP contribution in [0.15, 0.2) is 65.8 Å². The highest BCUT2D eigenvalue weighted by molar-refractivity contribution is 6.01. The van der Waals surface area contributed by atoms with Crippen LogP contribution in [-0.2, 0) is 4.79 Å². The Kier molecular flexibility index (Phi) is 6.71. The molecule has 0 spiro atoms. The minimum absolute atomic E-state index is 0.120. The number of hydrogen-bond acceptors (Lipinski definition) is 3. The third kappa shape index (κ3) is 5.35. The van der Waals surface area contributed by atoms with Crippen molar-refractivity contribution in [2.75, 3.05) is 6.54 Å². The molecule has 0 aromatic heterocycles. The van der Waals surface area contributed by atoms with Gasteiger partial charge in [0, 0.05) is 5.56 Å². The number of carbonyl (C=O) groups excluding carboxylic acids is 2. The second kappa shape index (κ2) is 9.25. The average Bonchev–Trinajstić information content (AvgIpc) is 2.64. The van der Waals surface area contributed by atoms with E-state index < -0.39 is 0 Å². The molecular weight excluding hydrogens is 302 g/mol. The fourth-order valence-corrected chi connectivity index (χ4v) is 2.15. The molecule has 0 unspecified atom stereocenters. The second-order valence-corrected chi connectivity index (χ2v) is 5.26.